The van der Waals surface area contributed by atoms with Crippen molar-refractivity contribution in [2.45, 2.75) is 46.1 Å². The van der Waals surface area contributed by atoms with Gasteiger partial charge in [0, 0.05) is 39.6 Å². The Labute approximate surface area is 175 Å². The summed E-state index contributed by atoms with van der Waals surface area (Å²) in [5, 5.41) is 3.32. The first-order valence-corrected chi connectivity index (χ1v) is 9.49. The molecule has 1 amide bonds. The number of carbonyl (C=O) groups is 1. The van der Waals surface area contributed by atoms with E-state index in [0.29, 0.717) is 13.0 Å². The molecule has 1 aliphatic rings. The van der Waals surface area contributed by atoms with Crippen LogP contribution in [0.3, 0.4) is 0 Å². The monoisotopic (exact) mass is 472 g/mol. The van der Waals surface area contributed by atoms with Gasteiger partial charge in [-0.2, -0.15) is 0 Å². The van der Waals surface area contributed by atoms with E-state index in [9.17, 15) is 4.79 Å². The van der Waals surface area contributed by atoms with Gasteiger partial charge in [0.2, 0.25) is 5.91 Å². The van der Waals surface area contributed by atoms with E-state index in [2.05, 4.69) is 53.3 Å². The maximum Gasteiger partial charge on any atom is 0.224 e. The summed E-state index contributed by atoms with van der Waals surface area (Å²) in [6, 6.07) is 8.72. The fourth-order valence-corrected chi connectivity index (χ4v) is 3.08. The average Bonchev–Trinajstić information content (AvgIpc) is 3.16. The number of hydrogen-bond acceptors (Lipinski definition) is 2. The number of carbonyl (C=O) groups excluding carboxylic acids is 1. The number of halogens is 1. The molecule has 1 fully saturated rings. The number of benzene rings is 1. The molecule has 0 aliphatic carbocycles. The zero-order valence-corrected chi connectivity index (χ0v) is 18.7. The molecule has 0 unspecified atom stereocenters. The second kappa shape index (κ2) is 12.1. The van der Waals surface area contributed by atoms with Gasteiger partial charge in [0.15, 0.2) is 5.96 Å². The first-order chi connectivity index (χ1) is 12.1. The molecule has 0 spiro atoms. The van der Waals surface area contributed by atoms with Gasteiger partial charge in [-0.3, -0.25) is 9.79 Å². The minimum Gasteiger partial charge on any atom is -0.357 e. The summed E-state index contributed by atoms with van der Waals surface area (Å²) in [4.78, 5) is 20.8. The Morgan fingerprint density at radius 1 is 1.15 bits per heavy atom. The van der Waals surface area contributed by atoms with E-state index in [1.807, 2.05) is 11.9 Å². The van der Waals surface area contributed by atoms with Crippen molar-refractivity contribution in [2.75, 3.05) is 33.2 Å². The lowest BCUT2D eigenvalue weighted by atomic mass is 10.1. The largest absolute Gasteiger partial charge is 0.357 e. The van der Waals surface area contributed by atoms with E-state index in [1.54, 1.807) is 0 Å². The predicted molar refractivity (Wildman–Crippen MR) is 119 cm³/mol. The van der Waals surface area contributed by atoms with Crippen LogP contribution >= 0.6 is 24.0 Å². The van der Waals surface area contributed by atoms with E-state index >= 15 is 0 Å². The zero-order valence-electron chi connectivity index (χ0n) is 16.3. The molecule has 5 nitrogen and oxygen atoms in total. The molecule has 0 saturated carbocycles. The molecule has 0 aromatic heterocycles. The van der Waals surface area contributed by atoms with Crippen molar-refractivity contribution in [3.8, 4) is 0 Å². The van der Waals surface area contributed by atoms with Crippen LogP contribution < -0.4 is 5.32 Å². The molecule has 146 valence electrons. The van der Waals surface area contributed by atoms with Crippen molar-refractivity contribution in [3.05, 3.63) is 35.4 Å². The average molecular weight is 472 g/mol. The van der Waals surface area contributed by atoms with Gasteiger partial charge in [0.25, 0.3) is 0 Å². The van der Waals surface area contributed by atoms with Gasteiger partial charge in [-0.15, -0.1) is 24.0 Å². The molecule has 0 radical (unpaired) electrons. The fourth-order valence-electron chi connectivity index (χ4n) is 3.08. The number of guanidine groups is 1. The molecular weight excluding hydrogens is 439 g/mol. The second-order valence-corrected chi connectivity index (χ2v) is 6.60. The Balaban J connectivity index is 0.00000338. The van der Waals surface area contributed by atoms with Crippen LogP contribution in [0.15, 0.2) is 29.3 Å². The molecule has 1 aliphatic heterocycles. The van der Waals surface area contributed by atoms with Crippen LogP contribution in [0, 0.1) is 0 Å². The summed E-state index contributed by atoms with van der Waals surface area (Å²) in [5.41, 5.74) is 2.62. The molecule has 0 bridgehead atoms. The third-order valence-electron chi connectivity index (χ3n) is 4.59. The number of amides is 1. The topological polar surface area (TPSA) is 47.9 Å². The van der Waals surface area contributed by atoms with E-state index in [0.717, 1.165) is 51.4 Å². The third-order valence-corrected chi connectivity index (χ3v) is 4.59. The zero-order chi connectivity index (χ0) is 18.1. The van der Waals surface area contributed by atoms with E-state index in [-0.39, 0.29) is 29.9 Å². The highest BCUT2D eigenvalue weighted by atomic mass is 127. The number of nitrogens with one attached hydrogen (secondary N) is 1. The molecular formula is C20H33IN4O. The summed E-state index contributed by atoms with van der Waals surface area (Å²) in [6.45, 7) is 8.21. The molecule has 0 atom stereocenters. The van der Waals surface area contributed by atoms with Crippen molar-refractivity contribution in [1.82, 2.24) is 15.1 Å². The quantitative estimate of drug-likeness (QED) is 0.377. The van der Waals surface area contributed by atoms with E-state index < -0.39 is 0 Å². The highest BCUT2D eigenvalue weighted by Gasteiger charge is 2.17. The van der Waals surface area contributed by atoms with Crippen LogP contribution in [-0.4, -0.2) is 54.9 Å². The van der Waals surface area contributed by atoms with E-state index in [4.69, 9.17) is 0 Å². The predicted octanol–water partition coefficient (Wildman–Crippen LogP) is 3.28. The Hall–Kier alpha value is -1.31. The maximum absolute atomic E-state index is 12.1. The lowest BCUT2D eigenvalue weighted by Gasteiger charge is -2.22. The molecule has 6 heteroatoms. The fraction of sp³-hybridized carbons (Fsp3) is 0.600. The third kappa shape index (κ3) is 7.13. The van der Waals surface area contributed by atoms with Crippen LogP contribution in [0.2, 0.25) is 0 Å². The Morgan fingerprint density at radius 3 is 2.35 bits per heavy atom. The first-order valence-electron chi connectivity index (χ1n) is 9.49. The summed E-state index contributed by atoms with van der Waals surface area (Å²) >= 11 is 0. The number of hydrogen-bond donors (Lipinski definition) is 1. The minimum absolute atomic E-state index is 0. The summed E-state index contributed by atoms with van der Waals surface area (Å²) < 4.78 is 0. The van der Waals surface area contributed by atoms with Crippen LogP contribution in [-0.2, 0) is 17.8 Å². The molecule has 1 N–H and O–H groups in total. The van der Waals surface area contributed by atoms with Crippen molar-refractivity contribution in [1.29, 1.82) is 0 Å². The van der Waals surface area contributed by atoms with Crippen LogP contribution in [0.5, 0.6) is 0 Å². The van der Waals surface area contributed by atoms with Crippen LogP contribution in [0.1, 0.15) is 44.2 Å². The second-order valence-electron chi connectivity index (χ2n) is 6.60. The van der Waals surface area contributed by atoms with Gasteiger partial charge < -0.3 is 15.1 Å². The van der Waals surface area contributed by atoms with Gasteiger partial charge in [-0.25, -0.2) is 0 Å². The van der Waals surface area contributed by atoms with Gasteiger partial charge in [-0.1, -0.05) is 31.2 Å². The standard InChI is InChI=1S/C20H32N4O.HI/c1-4-17-8-10-18(11-9-17)16-23(3)20(21-5-2)22-13-12-19(25)24-14-6-7-15-24;/h8-11H,4-7,12-16H2,1-3H3,(H,21,22);1H. The normalized spacial score (nSPS) is 14.1. The smallest absolute Gasteiger partial charge is 0.224 e. The Bertz CT molecular complexity index is 568. The Morgan fingerprint density at radius 2 is 1.77 bits per heavy atom. The highest BCUT2D eigenvalue weighted by Crippen LogP contribution is 2.09. The molecule has 1 aromatic carbocycles. The number of nitrogens with zero attached hydrogens (tertiary/aromatic N) is 3. The van der Waals surface area contributed by atoms with Crippen molar-refractivity contribution in [2.24, 2.45) is 4.99 Å². The lowest BCUT2D eigenvalue weighted by Crippen LogP contribution is -2.38. The minimum atomic E-state index is 0. The van der Waals surface area contributed by atoms with Crippen molar-refractivity contribution >= 4 is 35.8 Å². The van der Waals surface area contributed by atoms with Crippen LogP contribution in [0.25, 0.3) is 0 Å². The molecule has 1 saturated heterocycles. The molecule has 1 heterocycles. The number of aliphatic imine (C=N–C) groups is 1. The van der Waals surface area contributed by atoms with Gasteiger partial charge in [0.1, 0.15) is 0 Å². The summed E-state index contributed by atoms with van der Waals surface area (Å²) in [6.07, 6.45) is 3.83. The van der Waals surface area contributed by atoms with Crippen molar-refractivity contribution < 1.29 is 4.79 Å². The summed E-state index contributed by atoms with van der Waals surface area (Å²) in [5.74, 6) is 1.09. The number of rotatable bonds is 7. The first kappa shape index (κ1) is 22.7. The van der Waals surface area contributed by atoms with E-state index in [1.165, 1.54) is 11.1 Å². The SMILES string of the molecule is CCNC(=NCCC(=O)N1CCCC1)N(C)Cc1ccc(CC)cc1.I. The maximum atomic E-state index is 12.1. The molecule has 2 rings (SSSR count). The molecule has 1 aromatic rings. The summed E-state index contributed by atoms with van der Waals surface area (Å²) in [7, 11) is 2.04. The Kier molecular flexibility index (Phi) is 10.6. The van der Waals surface area contributed by atoms with Gasteiger partial charge >= 0.3 is 0 Å². The highest BCUT2D eigenvalue weighted by molar-refractivity contribution is 14.0. The number of likely N-dealkylation sites (tertiary alicyclic amines) is 1. The molecule has 26 heavy (non-hydrogen) atoms. The van der Waals surface area contributed by atoms with Gasteiger partial charge in [0.05, 0.1) is 6.54 Å². The number of aryl methyl sites for hydroxylation is 1. The van der Waals surface area contributed by atoms with Crippen LogP contribution in [0.4, 0.5) is 0 Å². The van der Waals surface area contributed by atoms with Crippen molar-refractivity contribution in [3.63, 3.8) is 0 Å². The lowest BCUT2D eigenvalue weighted by molar-refractivity contribution is -0.129. The van der Waals surface area contributed by atoms with Gasteiger partial charge in [-0.05, 0) is 37.3 Å².